The van der Waals surface area contributed by atoms with Crippen LogP contribution in [0.1, 0.15) is 37.7 Å². The van der Waals surface area contributed by atoms with Crippen molar-refractivity contribution in [1.29, 1.82) is 0 Å². The van der Waals surface area contributed by atoms with E-state index in [1.165, 1.54) is 25.0 Å². The molecule has 1 aliphatic rings. The second-order valence-electron chi connectivity index (χ2n) is 4.39. The number of rotatable bonds is 3. The molecular weight excluding hydrogens is 174 g/mol. The van der Waals surface area contributed by atoms with Crippen LogP contribution in [0.2, 0.25) is 0 Å². The lowest BCUT2D eigenvalue weighted by Gasteiger charge is -2.16. The van der Waals surface area contributed by atoms with E-state index in [1.54, 1.807) is 0 Å². The maximum atomic E-state index is 4.19. The van der Waals surface area contributed by atoms with Gasteiger partial charge in [0, 0.05) is 24.5 Å². The molecule has 1 fully saturated rings. The highest BCUT2D eigenvalue weighted by molar-refractivity contribution is 5.00. The van der Waals surface area contributed by atoms with E-state index >= 15 is 0 Å². The number of aryl methyl sites for hydroxylation is 1. The molecule has 2 atom stereocenters. The van der Waals surface area contributed by atoms with Gasteiger partial charge in [0.15, 0.2) is 0 Å². The van der Waals surface area contributed by atoms with Gasteiger partial charge >= 0.3 is 0 Å². The molecule has 0 amide bonds. The summed E-state index contributed by atoms with van der Waals surface area (Å²) in [4.78, 5) is 7.43. The summed E-state index contributed by atoms with van der Waals surface area (Å²) in [6.07, 6.45) is 6.00. The summed E-state index contributed by atoms with van der Waals surface area (Å²) in [7, 11) is 0. The van der Waals surface area contributed by atoms with E-state index in [2.05, 4.69) is 22.2 Å². The van der Waals surface area contributed by atoms with Crippen molar-refractivity contribution in [2.75, 3.05) is 0 Å². The Labute approximate surface area is 85.3 Å². The molecule has 2 N–H and O–H groups in total. The lowest BCUT2D eigenvalue weighted by molar-refractivity contribution is 0.424. The first kappa shape index (κ1) is 9.71. The van der Waals surface area contributed by atoms with E-state index in [0.29, 0.717) is 6.04 Å². The van der Waals surface area contributed by atoms with Crippen LogP contribution in [0.15, 0.2) is 6.20 Å². The fraction of sp³-hybridized carbons (Fsp3) is 0.727. The number of aromatic nitrogens is 2. The second-order valence-corrected chi connectivity index (χ2v) is 4.39. The molecule has 0 radical (unpaired) electrons. The van der Waals surface area contributed by atoms with E-state index in [1.807, 2.05) is 13.1 Å². The summed E-state index contributed by atoms with van der Waals surface area (Å²) in [6.45, 7) is 5.25. The number of aromatic amines is 1. The molecule has 3 heteroatoms. The van der Waals surface area contributed by atoms with Crippen molar-refractivity contribution in [3.8, 4) is 0 Å². The van der Waals surface area contributed by atoms with E-state index < -0.39 is 0 Å². The molecule has 1 aliphatic carbocycles. The summed E-state index contributed by atoms with van der Waals surface area (Å²) in [5, 5.41) is 3.59. The fourth-order valence-electron chi connectivity index (χ4n) is 2.25. The van der Waals surface area contributed by atoms with E-state index in [4.69, 9.17) is 0 Å². The third kappa shape index (κ3) is 2.15. The molecule has 1 aromatic heterocycles. The molecule has 78 valence electrons. The molecule has 0 aliphatic heterocycles. The largest absolute Gasteiger partial charge is 0.345 e. The maximum absolute atomic E-state index is 4.19. The van der Waals surface area contributed by atoms with Crippen molar-refractivity contribution >= 4 is 0 Å². The highest BCUT2D eigenvalue weighted by Crippen LogP contribution is 2.24. The number of hydrogen-bond donors (Lipinski definition) is 2. The first-order chi connectivity index (χ1) is 6.75. The Kier molecular flexibility index (Phi) is 2.87. The molecule has 3 nitrogen and oxygen atoms in total. The van der Waals surface area contributed by atoms with Gasteiger partial charge < -0.3 is 10.3 Å². The van der Waals surface area contributed by atoms with Crippen molar-refractivity contribution in [2.24, 2.45) is 5.92 Å². The smallest absolute Gasteiger partial charge is 0.103 e. The Balaban J connectivity index is 1.82. The molecule has 2 unspecified atom stereocenters. The van der Waals surface area contributed by atoms with Crippen LogP contribution in [0, 0.1) is 12.8 Å². The van der Waals surface area contributed by atoms with Crippen molar-refractivity contribution < 1.29 is 0 Å². The molecule has 1 saturated carbocycles. The van der Waals surface area contributed by atoms with Gasteiger partial charge in [0.05, 0.1) is 0 Å². The van der Waals surface area contributed by atoms with Gasteiger partial charge in [-0.05, 0) is 25.7 Å². The molecule has 2 rings (SSSR count). The summed E-state index contributed by atoms with van der Waals surface area (Å²) in [6, 6.07) is 0.707. The predicted octanol–water partition coefficient (Wildman–Crippen LogP) is 2.00. The molecule has 0 spiro atoms. The molecule has 0 bridgehead atoms. The third-order valence-corrected chi connectivity index (χ3v) is 3.17. The maximum Gasteiger partial charge on any atom is 0.103 e. The van der Waals surface area contributed by atoms with Crippen LogP contribution >= 0.6 is 0 Å². The standard InChI is InChI=1S/C11H19N3/c1-8-4-3-5-11(8)13-7-10-6-12-9(2)14-10/h6,8,11,13H,3-5,7H2,1-2H3,(H,12,14). The lowest BCUT2D eigenvalue weighted by atomic mass is 10.1. The van der Waals surface area contributed by atoms with Crippen LogP contribution < -0.4 is 5.32 Å². The SMILES string of the molecule is Cc1ncc(CNC2CCCC2C)[nH]1. The zero-order valence-corrected chi connectivity index (χ0v) is 9.01. The molecule has 0 aromatic carbocycles. The lowest BCUT2D eigenvalue weighted by Crippen LogP contribution is -2.30. The van der Waals surface area contributed by atoms with Gasteiger partial charge in [0.1, 0.15) is 5.82 Å². The number of nitrogens with one attached hydrogen (secondary N) is 2. The molecular formula is C11H19N3. The number of imidazole rings is 1. The summed E-state index contributed by atoms with van der Waals surface area (Å²) in [5.74, 6) is 1.83. The Bertz CT molecular complexity index is 292. The first-order valence-electron chi connectivity index (χ1n) is 5.49. The summed E-state index contributed by atoms with van der Waals surface area (Å²) in [5.41, 5.74) is 1.20. The minimum absolute atomic E-state index is 0.707. The van der Waals surface area contributed by atoms with Crippen LogP contribution in [0.5, 0.6) is 0 Å². The Morgan fingerprint density at radius 1 is 1.57 bits per heavy atom. The van der Waals surface area contributed by atoms with Gasteiger partial charge in [-0.3, -0.25) is 0 Å². The third-order valence-electron chi connectivity index (χ3n) is 3.17. The molecule has 14 heavy (non-hydrogen) atoms. The average Bonchev–Trinajstić information content (AvgIpc) is 2.72. The topological polar surface area (TPSA) is 40.7 Å². The number of H-pyrrole nitrogens is 1. The first-order valence-corrected chi connectivity index (χ1v) is 5.49. The molecule has 0 saturated heterocycles. The van der Waals surface area contributed by atoms with Crippen LogP contribution in [-0.2, 0) is 6.54 Å². The van der Waals surface area contributed by atoms with Gasteiger partial charge in [0.25, 0.3) is 0 Å². The second kappa shape index (κ2) is 4.13. The highest BCUT2D eigenvalue weighted by Gasteiger charge is 2.22. The van der Waals surface area contributed by atoms with Crippen molar-refractivity contribution in [3.05, 3.63) is 17.7 Å². The van der Waals surface area contributed by atoms with Crippen molar-refractivity contribution in [1.82, 2.24) is 15.3 Å². The quantitative estimate of drug-likeness (QED) is 0.770. The summed E-state index contributed by atoms with van der Waals surface area (Å²) >= 11 is 0. The fourth-order valence-corrected chi connectivity index (χ4v) is 2.25. The normalized spacial score (nSPS) is 27.0. The summed E-state index contributed by atoms with van der Waals surface area (Å²) < 4.78 is 0. The Hall–Kier alpha value is -0.830. The van der Waals surface area contributed by atoms with Crippen LogP contribution in [0.3, 0.4) is 0 Å². The van der Waals surface area contributed by atoms with Gasteiger partial charge in [-0.1, -0.05) is 13.3 Å². The van der Waals surface area contributed by atoms with Gasteiger partial charge in [-0.2, -0.15) is 0 Å². The van der Waals surface area contributed by atoms with Crippen LogP contribution in [0.4, 0.5) is 0 Å². The average molecular weight is 193 g/mol. The zero-order valence-electron chi connectivity index (χ0n) is 9.01. The van der Waals surface area contributed by atoms with Crippen molar-refractivity contribution in [3.63, 3.8) is 0 Å². The van der Waals surface area contributed by atoms with Gasteiger partial charge in [-0.25, -0.2) is 4.98 Å². The van der Waals surface area contributed by atoms with E-state index in [-0.39, 0.29) is 0 Å². The minimum Gasteiger partial charge on any atom is -0.345 e. The van der Waals surface area contributed by atoms with E-state index in [0.717, 1.165) is 18.3 Å². The van der Waals surface area contributed by atoms with Crippen LogP contribution in [0.25, 0.3) is 0 Å². The molecule has 1 heterocycles. The Morgan fingerprint density at radius 2 is 2.43 bits per heavy atom. The monoisotopic (exact) mass is 193 g/mol. The van der Waals surface area contributed by atoms with Gasteiger partial charge in [0.2, 0.25) is 0 Å². The number of hydrogen-bond acceptors (Lipinski definition) is 2. The van der Waals surface area contributed by atoms with E-state index in [9.17, 15) is 0 Å². The minimum atomic E-state index is 0.707. The highest BCUT2D eigenvalue weighted by atomic mass is 15.0. The van der Waals surface area contributed by atoms with Crippen molar-refractivity contribution in [2.45, 2.75) is 45.7 Å². The Morgan fingerprint density at radius 3 is 3.00 bits per heavy atom. The zero-order chi connectivity index (χ0) is 9.97. The predicted molar refractivity (Wildman–Crippen MR) is 57.0 cm³/mol. The van der Waals surface area contributed by atoms with Gasteiger partial charge in [-0.15, -0.1) is 0 Å². The molecule has 1 aromatic rings. The van der Waals surface area contributed by atoms with Crippen LogP contribution in [-0.4, -0.2) is 16.0 Å². The number of nitrogens with zero attached hydrogens (tertiary/aromatic N) is 1.